The van der Waals surface area contributed by atoms with Gasteiger partial charge in [-0.3, -0.25) is 0 Å². The van der Waals surface area contributed by atoms with E-state index in [0.29, 0.717) is 18.3 Å². The maximum absolute atomic E-state index is 10.9. The summed E-state index contributed by atoms with van der Waals surface area (Å²) in [4.78, 5) is 10.9. The van der Waals surface area contributed by atoms with Gasteiger partial charge in [-0.15, -0.1) is 0 Å². The Morgan fingerprint density at radius 2 is 2.39 bits per heavy atom. The number of hydrogen-bond acceptors (Lipinski definition) is 4. The molecular formula is C13H19NO4. The summed E-state index contributed by atoms with van der Waals surface area (Å²) in [6.07, 6.45) is 3.26. The minimum absolute atomic E-state index is 0.116. The summed E-state index contributed by atoms with van der Waals surface area (Å²) in [6, 6.07) is 1.81. The van der Waals surface area contributed by atoms with Crippen LogP contribution in [0, 0.1) is 0 Å². The van der Waals surface area contributed by atoms with Crippen LogP contribution in [-0.2, 0) is 11.3 Å². The van der Waals surface area contributed by atoms with Gasteiger partial charge in [-0.25, -0.2) is 4.79 Å². The quantitative estimate of drug-likeness (QED) is 0.859. The third-order valence-electron chi connectivity index (χ3n) is 3.22. The second kappa shape index (κ2) is 5.12. The molecule has 1 unspecified atom stereocenters. The molecule has 1 aliphatic rings. The molecule has 2 heterocycles. The summed E-state index contributed by atoms with van der Waals surface area (Å²) in [5.74, 6) is -0.473. The van der Waals surface area contributed by atoms with Gasteiger partial charge in [-0.1, -0.05) is 0 Å². The Morgan fingerprint density at radius 3 is 3.06 bits per heavy atom. The minimum Gasteiger partial charge on any atom is -0.478 e. The van der Waals surface area contributed by atoms with Gasteiger partial charge in [0.15, 0.2) is 0 Å². The van der Waals surface area contributed by atoms with Gasteiger partial charge in [0.25, 0.3) is 0 Å². The zero-order valence-corrected chi connectivity index (χ0v) is 10.7. The molecule has 0 aromatic carbocycles. The van der Waals surface area contributed by atoms with Gasteiger partial charge < -0.3 is 19.6 Å². The number of carbonyl (C=O) groups is 1. The van der Waals surface area contributed by atoms with Crippen molar-refractivity contribution in [1.29, 1.82) is 0 Å². The first-order chi connectivity index (χ1) is 8.48. The molecule has 1 aliphatic heterocycles. The molecule has 5 nitrogen and oxygen atoms in total. The molecule has 1 saturated heterocycles. The van der Waals surface area contributed by atoms with Crippen molar-refractivity contribution in [3.8, 4) is 0 Å². The van der Waals surface area contributed by atoms with Crippen LogP contribution in [0.15, 0.2) is 16.7 Å². The van der Waals surface area contributed by atoms with Crippen molar-refractivity contribution in [3.05, 3.63) is 23.7 Å². The van der Waals surface area contributed by atoms with Crippen molar-refractivity contribution < 1.29 is 19.1 Å². The van der Waals surface area contributed by atoms with E-state index >= 15 is 0 Å². The van der Waals surface area contributed by atoms with Crippen molar-refractivity contribution in [2.45, 2.75) is 44.9 Å². The molecule has 1 aromatic rings. The van der Waals surface area contributed by atoms with E-state index in [1.807, 2.05) is 0 Å². The molecule has 1 atom stereocenters. The number of rotatable bonds is 4. The predicted molar refractivity (Wildman–Crippen MR) is 65.6 cm³/mol. The lowest BCUT2D eigenvalue weighted by molar-refractivity contribution is -0.0632. The zero-order valence-electron chi connectivity index (χ0n) is 10.7. The van der Waals surface area contributed by atoms with Crippen molar-refractivity contribution in [2.24, 2.45) is 0 Å². The van der Waals surface area contributed by atoms with Gasteiger partial charge in [-0.2, -0.15) is 0 Å². The van der Waals surface area contributed by atoms with E-state index in [1.54, 1.807) is 0 Å². The Morgan fingerprint density at radius 1 is 1.61 bits per heavy atom. The number of hydrogen-bond donors (Lipinski definition) is 2. The van der Waals surface area contributed by atoms with Gasteiger partial charge in [0, 0.05) is 12.6 Å². The first kappa shape index (κ1) is 13.1. The maximum Gasteiger partial charge on any atom is 0.339 e. The molecule has 2 N–H and O–H groups in total. The van der Waals surface area contributed by atoms with E-state index in [-0.39, 0.29) is 11.2 Å². The highest BCUT2D eigenvalue weighted by Gasteiger charge is 2.28. The largest absolute Gasteiger partial charge is 0.478 e. The Labute approximate surface area is 106 Å². The smallest absolute Gasteiger partial charge is 0.339 e. The Bertz CT molecular complexity index is 424. The molecule has 0 bridgehead atoms. The standard InChI is InChI=1S/C13H19NO4/c1-13(2)7-9(3-6-18-13)14-8-11-10(12(15)16)4-5-17-11/h4-5,9,14H,3,6-8H2,1-2H3,(H,15,16). The fourth-order valence-electron chi connectivity index (χ4n) is 2.31. The number of carboxylic acids is 1. The minimum atomic E-state index is -0.951. The van der Waals surface area contributed by atoms with Crippen LogP contribution in [-0.4, -0.2) is 29.3 Å². The molecule has 1 aromatic heterocycles. The zero-order chi connectivity index (χ0) is 13.2. The first-order valence-electron chi connectivity index (χ1n) is 6.15. The van der Waals surface area contributed by atoms with Crippen LogP contribution in [0.2, 0.25) is 0 Å². The fraction of sp³-hybridized carbons (Fsp3) is 0.615. The normalized spacial score (nSPS) is 22.9. The van der Waals surface area contributed by atoms with Crippen molar-refractivity contribution >= 4 is 5.97 Å². The summed E-state index contributed by atoms with van der Waals surface area (Å²) in [5.41, 5.74) is 0.114. The number of ether oxygens (including phenoxy) is 1. The molecule has 1 fully saturated rings. The molecule has 100 valence electrons. The van der Waals surface area contributed by atoms with E-state index in [0.717, 1.165) is 19.4 Å². The molecule has 2 rings (SSSR count). The number of aromatic carboxylic acids is 1. The summed E-state index contributed by atoms with van der Waals surface area (Å²) in [6.45, 7) is 5.30. The molecule has 18 heavy (non-hydrogen) atoms. The fourth-order valence-corrected chi connectivity index (χ4v) is 2.31. The van der Waals surface area contributed by atoms with Gasteiger partial charge in [0.05, 0.1) is 18.4 Å². The average molecular weight is 253 g/mol. The van der Waals surface area contributed by atoms with E-state index in [4.69, 9.17) is 14.3 Å². The highest BCUT2D eigenvalue weighted by molar-refractivity contribution is 5.88. The maximum atomic E-state index is 10.9. The number of carboxylic acid groups (broad SMARTS) is 1. The van der Waals surface area contributed by atoms with Crippen LogP contribution in [0.3, 0.4) is 0 Å². The monoisotopic (exact) mass is 253 g/mol. The van der Waals surface area contributed by atoms with Crippen LogP contribution in [0.5, 0.6) is 0 Å². The molecule has 0 aliphatic carbocycles. The molecule has 5 heteroatoms. The molecule has 0 spiro atoms. The highest BCUT2D eigenvalue weighted by Crippen LogP contribution is 2.24. The lowest BCUT2D eigenvalue weighted by Crippen LogP contribution is -2.43. The van der Waals surface area contributed by atoms with Crippen LogP contribution in [0.4, 0.5) is 0 Å². The molecular weight excluding hydrogens is 234 g/mol. The van der Waals surface area contributed by atoms with Crippen LogP contribution in [0.25, 0.3) is 0 Å². The molecule has 0 amide bonds. The SMILES string of the molecule is CC1(C)CC(NCc2occc2C(=O)O)CCO1. The van der Waals surface area contributed by atoms with E-state index in [1.165, 1.54) is 12.3 Å². The second-order valence-corrected chi connectivity index (χ2v) is 5.24. The van der Waals surface area contributed by atoms with E-state index in [9.17, 15) is 4.79 Å². The third-order valence-corrected chi connectivity index (χ3v) is 3.22. The Kier molecular flexibility index (Phi) is 3.73. The van der Waals surface area contributed by atoms with Gasteiger partial charge in [0.2, 0.25) is 0 Å². The van der Waals surface area contributed by atoms with Crippen molar-refractivity contribution in [2.75, 3.05) is 6.61 Å². The van der Waals surface area contributed by atoms with Gasteiger partial charge >= 0.3 is 5.97 Å². The molecule has 0 radical (unpaired) electrons. The van der Waals surface area contributed by atoms with E-state index in [2.05, 4.69) is 19.2 Å². The summed E-state index contributed by atoms with van der Waals surface area (Å²) < 4.78 is 10.8. The lowest BCUT2D eigenvalue weighted by atomic mass is 9.94. The lowest BCUT2D eigenvalue weighted by Gasteiger charge is -2.35. The highest BCUT2D eigenvalue weighted by atomic mass is 16.5. The predicted octanol–water partition coefficient (Wildman–Crippen LogP) is 2.03. The number of furan rings is 1. The van der Waals surface area contributed by atoms with Gasteiger partial charge in [-0.05, 0) is 32.8 Å². The van der Waals surface area contributed by atoms with Crippen molar-refractivity contribution in [1.82, 2.24) is 5.32 Å². The summed E-state index contributed by atoms with van der Waals surface area (Å²) in [5, 5.41) is 12.3. The third kappa shape index (κ3) is 3.11. The molecule has 0 saturated carbocycles. The van der Waals surface area contributed by atoms with Gasteiger partial charge in [0.1, 0.15) is 11.3 Å². The summed E-state index contributed by atoms with van der Waals surface area (Å²) in [7, 11) is 0. The Hall–Kier alpha value is -1.33. The van der Waals surface area contributed by atoms with Crippen LogP contribution in [0.1, 0.15) is 42.8 Å². The summed E-state index contributed by atoms with van der Waals surface area (Å²) >= 11 is 0. The van der Waals surface area contributed by atoms with Crippen LogP contribution >= 0.6 is 0 Å². The topological polar surface area (TPSA) is 71.7 Å². The van der Waals surface area contributed by atoms with Crippen molar-refractivity contribution in [3.63, 3.8) is 0 Å². The average Bonchev–Trinajstić information content (AvgIpc) is 2.73. The van der Waals surface area contributed by atoms with E-state index < -0.39 is 5.97 Å². The Balaban J connectivity index is 1.91. The second-order valence-electron chi connectivity index (χ2n) is 5.24. The van der Waals surface area contributed by atoms with Crippen LogP contribution < -0.4 is 5.32 Å². The number of nitrogens with one attached hydrogen (secondary N) is 1. The first-order valence-corrected chi connectivity index (χ1v) is 6.15.